The molecule has 5 heteroatoms. The van der Waals surface area contributed by atoms with Gasteiger partial charge in [0.25, 0.3) is 0 Å². The van der Waals surface area contributed by atoms with Gasteiger partial charge in [-0.15, -0.1) is 5.10 Å². The van der Waals surface area contributed by atoms with Gasteiger partial charge in [-0.2, -0.15) is 5.10 Å². The van der Waals surface area contributed by atoms with Crippen LogP contribution in [0.3, 0.4) is 0 Å². The van der Waals surface area contributed by atoms with Crippen molar-refractivity contribution < 1.29 is 0 Å². The first kappa shape index (κ1) is 13.1. The van der Waals surface area contributed by atoms with Gasteiger partial charge in [0.1, 0.15) is 0 Å². The number of nitrogens with two attached hydrogens (primary N) is 2. The van der Waals surface area contributed by atoms with Crippen molar-refractivity contribution in [1.29, 1.82) is 0 Å². The molecule has 0 atom stereocenters. The van der Waals surface area contributed by atoms with Gasteiger partial charge in [0, 0.05) is 5.02 Å². The van der Waals surface area contributed by atoms with Crippen LogP contribution in [-0.4, -0.2) is 12.2 Å². The zero-order chi connectivity index (χ0) is 13.7. The van der Waals surface area contributed by atoms with E-state index in [1.54, 1.807) is 6.21 Å². The molecule has 19 heavy (non-hydrogen) atoms. The molecular formula is C14H13ClN4. The third kappa shape index (κ3) is 3.82. The van der Waals surface area contributed by atoms with Crippen molar-refractivity contribution in [3.8, 4) is 11.1 Å². The summed E-state index contributed by atoms with van der Waals surface area (Å²) in [6.45, 7) is 0. The lowest BCUT2D eigenvalue weighted by Gasteiger charge is -2.02. The van der Waals surface area contributed by atoms with E-state index >= 15 is 0 Å². The zero-order valence-electron chi connectivity index (χ0n) is 10.1. The Morgan fingerprint density at radius 1 is 1.00 bits per heavy atom. The first-order valence-electron chi connectivity index (χ1n) is 5.63. The quantitative estimate of drug-likeness (QED) is 0.512. The summed E-state index contributed by atoms with van der Waals surface area (Å²) < 4.78 is 0. The predicted molar refractivity (Wildman–Crippen MR) is 80.3 cm³/mol. The molecule has 0 unspecified atom stereocenters. The molecule has 0 aliphatic carbocycles. The van der Waals surface area contributed by atoms with Gasteiger partial charge in [-0.25, -0.2) is 0 Å². The van der Waals surface area contributed by atoms with Crippen LogP contribution in [0.2, 0.25) is 5.02 Å². The second kappa shape index (κ2) is 6.02. The minimum Gasteiger partial charge on any atom is -0.369 e. The van der Waals surface area contributed by atoms with E-state index in [4.69, 9.17) is 23.1 Å². The van der Waals surface area contributed by atoms with Crippen molar-refractivity contribution in [2.24, 2.45) is 21.7 Å². The molecule has 2 rings (SSSR count). The second-order valence-electron chi connectivity index (χ2n) is 3.90. The third-order valence-electron chi connectivity index (χ3n) is 2.45. The van der Waals surface area contributed by atoms with E-state index in [2.05, 4.69) is 10.2 Å². The molecule has 0 heterocycles. The maximum absolute atomic E-state index is 5.96. The highest BCUT2D eigenvalue weighted by Gasteiger charge is 1.98. The number of hydrogen-bond acceptors (Lipinski definition) is 2. The Morgan fingerprint density at radius 2 is 1.74 bits per heavy atom. The summed E-state index contributed by atoms with van der Waals surface area (Å²) >= 11 is 5.96. The molecule has 0 radical (unpaired) electrons. The van der Waals surface area contributed by atoms with Crippen molar-refractivity contribution in [1.82, 2.24) is 0 Å². The number of hydrogen-bond donors (Lipinski definition) is 2. The highest BCUT2D eigenvalue weighted by molar-refractivity contribution is 6.30. The predicted octanol–water partition coefficient (Wildman–Crippen LogP) is 2.61. The van der Waals surface area contributed by atoms with E-state index in [1.165, 1.54) is 0 Å². The van der Waals surface area contributed by atoms with Crippen LogP contribution in [0.15, 0.2) is 58.7 Å². The van der Waals surface area contributed by atoms with E-state index in [0.29, 0.717) is 0 Å². The van der Waals surface area contributed by atoms with Crippen molar-refractivity contribution in [3.63, 3.8) is 0 Å². The molecule has 4 N–H and O–H groups in total. The smallest absolute Gasteiger partial charge is 0.211 e. The zero-order valence-corrected chi connectivity index (χ0v) is 10.9. The van der Waals surface area contributed by atoms with Crippen molar-refractivity contribution >= 4 is 23.8 Å². The number of rotatable bonds is 3. The lowest BCUT2D eigenvalue weighted by Crippen LogP contribution is -2.21. The minimum absolute atomic E-state index is 0.0632. The van der Waals surface area contributed by atoms with Crippen LogP contribution in [-0.2, 0) is 0 Å². The van der Waals surface area contributed by atoms with Crippen molar-refractivity contribution in [3.05, 3.63) is 59.1 Å². The fourth-order valence-electron chi connectivity index (χ4n) is 1.59. The summed E-state index contributed by atoms with van der Waals surface area (Å²) in [7, 11) is 0. The maximum atomic E-state index is 5.96. The summed E-state index contributed by atoms with van der Waals surface area (Å²) in [6.07, 6.45) is 1.58. The Bertz CT molecular complexity index is 614. The monoisotopic (exact) mass is 272 g/mol. The molecule has 0 aliphatic rings. The average Bonchev–Trinajstić information content (AvgIpc) is 2.39. The average molecular weight is 273 g/mol. The Labute approximate surface area is 116 Å². The van der Waals surface area contributed by atoms with Crippen LogP contribution in [0.25, 0.3) is 11.1 Å². The number of benzene rings is 2. The van der Waals surface area contributed by atoms with Crippen molar-refractivity contribution in [2.45, 2.75) is 0 Å². The summed E-state index contributed by atoms with van der Waals surface area (Å²) in [4.78, 5) is 0. The van der Waals surface area contributed by atoms with Gasteiger partial charge in [0.15, 0.2) is 0 Å². The minimum atomic E-state index is -0.0632. The van der Waals surface area contributed by atoms with E-state index in [-0.39, 0.29) is 5.96 Å². The molecule has 4 nitrogen and oxygen atoms in total. The third-order valence-corrected chi connectivity index (χ3v) is 2.68. The van der Waals surface area contributed by atoms with Crippen LogP contribution in [0.5, 0.6) is 0 Å². The molecule has 0 aliphatic heterocycles. The van der Waals surface area contributed by atoms with E-state index in [0.717, 1.165) is 21.7 Å². The SMILES string of the molecule is NC(N)=NN=Cc1ccc(-c2cccc(Cl)c2)cc1. The van der Waals surface area contributed by atoms with Crippen LogP contribution in [0, 0.1) is 0 Å². The Morgan fingerprint density at radius 3 is 2.37 bits per heavy atom. The van der Waals surface area contributed by atoms with E-state index < -0.39 is 0 Å². The molecular weight excluding hydrogens is 260 g/mol. The summed E-state index contributed by atoms with van der Waals surface area (Å²) in [5.41, 5.74) is 13.4. The highest BCUT2D eigenvalue weighted by Crippen LogP contribution is 2.22. The summed E-state index contributed by atoms with van der Waals surface area (Å²) in [5.74, 6) is -0.0632. The summed E-state index contributed by atoms with van der Waals surface area (Å²) in [5, 5.41) is 8.00. The second-order valence-corrected chi connectivity index (χ2v) is 4.34. The maximum Gasteiger partial charge on any atom is 0.211 e. The standard InChI is InChI=1S/C14H13ClN4/c15-13-3-1-2-12(8-13)11-6-4-10(5-7-11)9-18-19-14(16)17/h1-9H,(H4,16,17,19). The fraction of sp³-hybridized carbons (Fsp3) is 0. The number of guanidine groups is 1. The molecule has 0 saturated carbocycles. The molecule has 96 valence electrons. The van der Waals surface area contributed by atoms with Gasteiger partial charge >= 0.3 is 0 Å². The lowest BCUT2D eigenvalue weighted by molar-refractivity contribution is 1.21. The molecule has 0 fully saturated rings. The molecule has 2 aromatic rings. The molecule has 0 amide bonds. The molecule has 0 spiro atoms. The fourth-order valence-corrected chi connectivity index (χ4v) is 1.78. The Kier molecular flexibility index (Phi) is 4.15. The molecule has 0 bridgehead atoms. The first-order valence-corrected chi connectivity index (χ1v) is 6.01. The van der Waals surface area contributed by atoms with Crippen LogP contribution in [0.4, 0.5) is 0 Å². The lowest BCUT2D eigenvalue weighted by atomic mass is 10.0. The van der Waals surface area contributed by atoms with Gasteiger partial charge in [-0.3, -0.25) is 0 Å². The first-order chi connectivity index (χ1) is 9.15. The highest BCUT2D eigenvalue weighted by atomic mass is 35.5. The Hall–Kier alpha value is -2.33. The Balaban J connectivity index is 2.19. The van der Waals surface area contributed by atoms with Crippen LogP contribution < -0.4 is 11.5 Å². The van der Waals surface area contributed by atoms with Gasteiger partial charge in [-0.1, -0.05) is 48.0 Å². The van der Waals surface area contributed by atoms with Gasteiger partial charge in [-0.05, 0) is 28.8 Å². The van der Waals surface area contributed by atoms with E-state index in [1.807, 2.05) is 48.5 Å². The van der Waals surface area contributed by atoms with Gasteiger partial charge < -0.3 is 11.5 Å². The number of nitrogens with zero attached hydrogens (tertiary/aromatic N) is 2. The van der Waals surface area contributed by atoms with E-state index in [9.17, 15) is 0 Å². The normalized spacial score (nSPS) is 10.6. The molecule has 0 aromatic heterocycles. The number of halogens is 1. The van der Waals surface area contributed by atoms with Crippen LogP contribution >= 0.6 is 11.6 Å². The van der Waals surface area contributed by atoms with Crippen LogP contribution in [0.1, 0.15) is 5.56 Å². The van der Waals surface area contributed by atoms with Gasteiger partial charge in [0.05, 0.1) is 6.21 Å². The largest absolute Gasteiger partial charge is 0.369 e. The van der Waals surface area contributed by atoms with Gasteiger partial charge in [0.2, 0.25) is 5.96 Å². The molecule has 2 aromatic carbocycles. The van der Waals surface area contributed by atoms with Crippen molar-refractivity contribution in [2.75, 3.05) is 0 Å². The molecule has 0 saturated heterocycles. The topological polar surface area (TPSA) is 76.8 Å². The summed E-state index contributed by atoms with van der Waals surface area (Å²) in [6, 6.07) is 15.5.